The number of para-hydroxylation sites is 2. The minimum absolute atomic E-state index is 0.0902. The number of hydrogen-bond donors (Lipinski definition) is 0. The van der Waals surface area contributed by atoms with Gasteiger partial charge in [0.15, 0.2) is 0 Å². The molecule has 34 heavy (non-hydrogen) atoms. The smallest absolute Gasteiger partial charge is 0.362 e. The summed E-state index contributed by atoms with van der Waals surface area (Å²) in [6.07, 6.45) is -4.57. The van der Waals surface area contributed by atoms with Crippen molar-refractivity contribution >= 4 is 28.3 Å². The van der Waals surface area contributed by atoms with E-state index in [9.17, 15) is 32.9 Å². The SMILES string of the molecule is Cn1c(=O)n(CCC(=O)N2CCN(c3ccc(C(F)(F)F)cc3[N+](=O)[O-])CC2)c2ccccc21. The number of hydrogen-bond acceptors (Lipinski definition) is 5. The molecule has 1 aliphatic rings. The van der Waals surface area contributed by atoms with Crippen molar-refractivity contribution < 1.29 is 22.9 Å². The molecule has 2 aromatic carbocycles. The van der Waals surface area contributed by atoms with Gasteiger partial charge in [0.25, 0.3) is 5.69 Å². The zero-order chi connectivity index (χ0) is 24.6. The lowest BCUT2D eigenvalue weighted by Gasteiger charge is -2.36. The third-order valence-electron chi connectivity index (χ3n) is 6.07. The van der Waals surface area contributed by atoms with Crippen molar-refractivity contribution in [2.75, 3.05) is 31.1 Å². The van der Waals surface area contributed by atoms with E-state index >= 15 is 0 Å². The summed E-state index contributed by atoms with van der Waals surface area (Å²) in [6, 6.07) is 9.76. The molecule has 1 aliphatic heterocycles. The van der Waals surface area contributed by atoms with E-state index in [4.69, 9.17) is 0 Å². The Bertz CT molecular complexity index is 1310. The molecule has 3 aromatic rings. The molecule has 0 unspecified atom stereocenters. The normalized spacial score (nSPS) is 14.6. The summed E-state index contributed by atoms with van der Waals surface area (Å²) < 4.78 is 41.9. The van der Waals surface area contributed by atoms with Crippen molar-refractivity contribution in [1.82, 2.24) is 14.0 Å². The molecule has 2 heterocycles. The Kier molecular flexibility index (Phi) is 6.07. The highest BCUT2D eigenvalue weighted by molar-refractivity contribution is 5.78. The zero-order valence-corrected chi connectivity index (χ0v) is 18.3. The first-order valence-electron chi connectivity index (χ1n) is 10.6. The highest BCUT2D eigenvalue weighted by atomic mass is 19.4. The first kappa shape index (κ1) is 23.3. The molecule has 1 aromatic heterocycles. The van der Waals surface area contributed by atoms with E-state index in [0.29, 0.717) is 6.07 Å². The quantitative estimate of drug-likeness (QED) is 0.416. The largest absolute Gasteiger partial charge is 0.416 e. The molecule has 1 saturated heterocycles. The maximum absolute atomic E-state index is 13.0. The number of aromatic nitrogens is 2. The summed E-state index contributed by atoms with van der Waals surface area (Å²) in [5.74, 6) is -0.165. The van der Waals surface area contributed by atoms with Gasteiger partial charge in [-0.25, -0.2) is 4.79 Å². The third kappa shape index (κ3) is 4.35. The first-order valence-corrected chi connectivity index (χ1v) is 10.6. The number of carbonyl (C=O) groups excluding carboxylic acids is 1. The monoisotopic (exact) mass is 477 g/mol. The van der Waals surface area contributed by atoms with Crippen LogP contribution in [0.2, 0.25) is 0 Å². The van der Waals surface area contributed by atoms with Gasteiger partial charge in [0.1, 0.15) is 5.69 Å². The maximum Gasteiger partial charge on any atom is 0.416 e. The molecule has 0 bridgehead atoms. The summed E-state index contributed by atoms with van der Waals surface area (Å²) in [6.45, 7) is 1.23. The van der Waals surface area contributed by atoms with E-state index < -0.39 is 22.4 Å². The van der Waals surface area contributed by atoms with E-state index in [1.54, 1.807) is 21.4 Å². The van der Waals surface area contributed by atoms with Crippen LogP contribution in [0.1, 0.15) is 12.0 Å². The number of benzene rings is 2. The highest BCUT2D eigenvalue weighted by Crippen LogP contribution is 2.36. The Labute approximate surface area is 191 Å². The fraction of sp³-hybridized carbons (Fsp3) is 0.364. The van der Waals surface area contributed by atoms with Gasteiger partial charge >= 0.3 is 11.9 Å². The molecule has 0 radical (unpaired) electrons. The lowest BCUT2D eigenvalue weighted by molar-refractivity contribution is -0.384. The van der Waals surface area contributed by atoms with Crippen LogP contribution < -0.4 is 10.6 Å². The van der Waals surface area contributed by atoms with Crippen molar-refractivity contribution in [3.8, 4) is 0 Å². The summed E-state index contributed by atoms with van der Waals surface area (Å²) in [5.41, 5.74) is -0.319. The van der Waals surface area contributed by atoms with Gasteiger partial charge in [0.2, 0.25) is 5.91 Å². The number of rotatable bonds is 5. The van der Waals surface area contributed by atoms with E-state index in [2.05, 4.69) is 0 Å². The van der Waals surface area contributed by atoms with Crippen molar-refractivity contribution in [3.05, 3.63) is 68.6 Å². The Balaban J connectivity index is 1.42. The molecule has 1 fully saturated rings. The number of nitro benzene ring substituents is 1. The van der Waals surface area contributed by atoms with Crippen LogP contribution >= 0.6 is 0 Å². The summed E-state index contributed by atoms with van der Waals surface area (Å²) in [5, 5.41) is 11.4. The molecule has 12 heteroatoms. The van der Waals surface area contributed by atoms with Crippen LogP contribution in [0.25, 0.3) is 11.0 Å². The number of nitro groups is 1. The van der Waals surface area contributed by atoms with Crippen molar-refractivity contribution in [2.45, 2.75) is 19.1 Å². The van der Waals surface area contributed by atoms with Crippen LogP contribution in [0, 0.1) is 10.1 Å². The summed E-state index contributed by atoms with van der Waals surface area (Å²) in [4.78, 5) is 39.0. The number of fused-ring (bicyclic) bond motifs is 1. The van der Waals surface area contributed by atoms with Crippen molar-refractivity contribution in [2.24, 2.45) is 7.05 Å². The number of halogens is 3. The van der Waals surface area contributed by atoms with Crippen LogP contribution in [-0.4, -0.2) is 51.0 Å². The summed E-state index contributed by atoms with van der Waals surface area (Å²) in [7, 11) is 1.67. The Hall–Kier alpha value is -3.83. The minimum Gasteiger partial charge on any atom is -0.362 e. The van der Waals surface area contributed by atoms with Gasteiger partial charge < -0.3 is 9.80 Å². The predicted molar refractivity (Wildman–Crippen MR) is 119 cm³/mol. The van der Waals surface area contributed by atoms with Gasteiger partial charge in [0, 0.05) is 52.3 Å². The second-order valence-corrected chi connectivity index (χ2v) is 8.06. The fourth-order valence-electron chi connectivity index (χ4n) is 4.26. The van der Waals surface area contributed by atoms with E-state index in [1.807, 2.05) is 24.3 Å². The molecule has 0 N–H and O–H groups in total. The van der Waals surface area contributed by atoms with Crippen molar-refractivity contribution in [1.29, 1.82) is 0 Å². The minimum atomic E-state index is -4.68. The Morgan fingerprint density at radius 3 is 2.32 bits per heavy atom. The second-order valence-electron chi connectivity index (χ2n) is 8.06. The average molecular weight is 477 g/mol. The average Bonchev–Trinajstić information content (AvgIpc) is 3.06. The van der Waals surface area contributed by atoms with Crippen LogP contribution in [0.4, 0.5) is 24.5 Å². The van der Waals surface area contributed by atoms with E-state index in [1.165, 1.54) is 4.57 Å². The zero-order valence-electron chi connectivity index (χ0n) is 18.3. The van der Waals surface area contributed by atoms with Crippen LogP contribution in [-0.2, 0) is 24.6 Å². The first-order chi connectivity index (χ1) is 16.1. The lowest BCUT2D eigenvalue weighted by Crippen LogP contribution is -2.49. The van der Waals surface area contributed by atoms with E-state index in [0.717, 1.165) is 23.2 Å². The molecule has 1 amide bonds. The lowest BCUT2D eigenvalue weighted by atomic mass is 10.1. The Morgan fingerprint density at radius 1 is 1.06 bits per heavy atom. The fourth-order valence-corrected chi connectivity index (χ4v) is 4.26. The molecule has 180 valence electrons. The number of imidazole rings is 1. The highest BCUT2D eigenvalue weighted by Gasteiger charge is 2.34. The predicted octanol–water partition coefficient (Wildman–Crippen LogP) is 3.01. The standard InChI is InChI=1S/C22H22F3N5O4/c1-26-16-4-2-3-5-18(16)29(21(26)32)9-8-20(31)28-12-10-27(11-13-28)17-7-6-15(22(23,24)25)14-19(17)30(33)34/h2-7,14H,8-13H2,1H3. The molecule has 0 atom stereocenters. The number of aryl methyl sites for hydroxylation is 2. The van der Waals surface area contributed by atoms with Gasteiger partial charge in [0.05, 0.1) is 21.5 Å². The number of carbonyl (C=O) groups is 1. The van der Waals surface area contributed by atoms with Crippen LogP contribution in [0.5, 0.6) is 0 Å². The molecule has 0 spiro atoms. The number of nitrogens with zero attached hydrogens (tertiary/aromatic N) is 5. The number of anilines is 1. The number of amides is 1. The molecule has 0 saturated carbocycles. The van der Waals surface area contributed by atoms with Gasteiger partial charge in [-0.15, -0.1) is 0 Å². The van der Waals surface area contributed by atoms with Gasteiger partial charge in [-0.05, 0) is 24.3 Å². The molecular weight excluding hydrogens is 455 g/mol. The maximum atomic E-state index is 13.0. The van der Waals surface area contributed by atoms with Gasteiger partial charge in [-0.3, -0.25) is 24.0 Å². The molecule has 0 aliphatic carbocycles. The van der Waals surface area contributed by atoms with Crippen molar-refractivity contribution in [3.63, 3.8) is 0 Å². The van der Waals surface area contributed by atoms with Crippen LogP contribution in [0.3, 0.4) is 0 Å². The third-order valence-corrected chi connectivity index (χ3v) is 6.07. The van der Waals surface area contributed by atoms with Gasteiger partial charge in [-0.1, -0.05) is 12.1 Å². The second kappa shape index (κ2) is 8.84. The van der Waals surface area contributed by atoms with E-state index in [-0.39, 0.29) is 56.4 Å². The molecule has 9 nitrogen and oxygen atoms in total. The molecule has 4 rings (SSSR count). The topological polar surface area (TPSA) is 93.6 Å². The summed E-state index contributed by atoms with van der Waals surface area (Å²) >= 11 is 0. The Morgan fingerprint density at radius 2 is 1.71 bits per heavy atom. The number of piperazine rings is 1. The van der Waals surface area contributed by atoms with Gasteiger partial charge in [-0.2, -0.15) is 13.2 Å². The molecular formula is C22H22F3N5O4. The number of alkyl halides is 3. The van der Waals surface area contributed by atoms with Crippen LogP contribution in [0.15, 0.2) is 47.3 Å².